The molecule has 1 aliphatic rings. The second-order valence-electron chi connectivity index (χ2n) is 5.20. The van der Waals surface area contributed by atoms with Crippen molar-refractivity contribution < 1.29 is 19.4 Å². The molecule has 1 amide bonds. The number of ether oxygens (including phenoxy) is 1. The van der Waals surface area contributed by atoms with E-state index in [1.54, 1.807) is 13.8 Å². The molecule has 2 rings (SSSR count). The van der Waals surface area contributed by atoms with Crippen molar-refractivity contribution in [3.8, 4) is 0 Å². The van der Waals surface area contributed by atoms with Crippen LogP contribution in [0, 0.1) is 19.8 Å². The van der Waals surface area contributed by atoms with Gasteiger partial charge in [0.25, 0.3) is 5.91 Å². The molecular formula is C14H20N2O4. The zero-order valence-corrected chi connectivity index (χ0v) is 11.8. The van der Waals surface area contributed by atoms with E-state index >= 15 is 0 Å². The molecule has 6 heteroatoms. The SMILES string of the molecule is Cc1[nH]c(C(=O)O)c(C)c1C(=O)NCCOCC1CC1. The molecule has 1 heterocycles. The number of aromatic carboxylic acids is 1. The summed E-state index contributed by atoms with van der Waals surface area (Å²) in [5, 5.41) is 11.8. The van der Waals surface area contributed by atoms with Gasteiger partial charge in [0.1, 0.15) is 5.69 Å². The molecule has 0 spiro atoms. The lowest BCUT2D eigenvalue weighted by Gasteiger charge is -2.06. The summed E-state index contributed by atoms with van der Waals surface area (Å²) in [6.45, 7) is 5.00. The number of amides is 1. The molecule has 20 heavy (non-hydrogen) atoms. The number of carboxylic acid groups (broad SMARTS) is 1. The number of hydrogen-bond donors (Lipinski definition) is 3. The number of aromatic nitrogens is 1. The van der Waals surface area contributed by atoms with E-state index in [9.17, 15) is 9.59 Å². The van der Waals surface area contributed by atoms with E-state index in [0.717, 1.165) is 6.61 Å². The average molecular weight is 280 g/mol. The van der Waals surface area contributed by atoms with Crippen molar-refractivity contribution in [3.63, 3.8) is 0 Å². The molecule has 0 aliphatic heterocycles. The minimum atomic E-state index is -1.06. The Kier molecular flexibility index (Phi) is 4.44. The molecule has 1 saturated carbocycles. The van der Waals surface area contributed by atoms with Gasteiger partial charge in [-0.1, -0.05) is 0 Å². The molecule has 0 bridgehead atoms. The van der Waals surface area contributed by atoms with Crippen LogP contribution in [0.15, 0.2) is 0 Å². The van der Waals surface area contributed by atoms with Crippen molar-refractivity contribution >= 4 is 11.9 Å². The summed E-state index contributed by atoms with van der Waals surface area (Å²) in [5.74, 6) is -0.617. The Morgan fingerprint density at radius 2 is 2.10 bits per heavy atom. The number of nitrogens with one attached hydrogen (secondary N) is 2. The molecular weight excluding hydrogens is 260 g/mol. The van der Waals surface area contributed by atoms with Gasteiger partial charge in [-0.15, -0.1) is 0 Å². The highest BCUT2D eigenvalue weighted by atomic mass is 16.5. The van der Waals surface area contributed by atoms with Crippen LogP contribution in [0.5, 0.6) is 0 Å². The molecule has 6 nitrogen and oxygen atoms in total. The lowest BCUT2D eigenvalue weighted by molar-refractivity contribution is 0.0690. The maximum atomic E-state index is 12.1. The Morgan fingerprint density at radius 3 is 2.65 bits per heavy atom. The van der Waals surface area contributed by atoms with Crippen LogP contribution in [0.3, 0.4) is 0 Å². The van der Waals surface area contributed by atoms with Crippen molar-refractivity contribution in [2.45, 2.75) is 26.7 Å². The summed E-state index contributed by atoms with van der Waals surface area (Å²) in [6.07, 6.45) is 2.48. The molecule has 0 unspecified atom stereocenters. The van der Waals surface area contributed by atoms with Crippen molar-refractivity contribution in [1.82, 2.24) is 10.3 Å². The smallest absolute Gasteiger partial charge is 0.352 e. The summed E-state index contributed by atoms with van der Waals surface area (Å²) in [5.41, 5.74) is 1.50. The van der Waals surface area contributed by atoms with Gasteiger partial charge >= 0.3 is 5.97 Å². The highest BCUT2D eigenvalue weighted by molar-refractivity contribution is 6.00. The number of carbonyl (C=O) groups is 2. The molecule has 1 aromatic heterocycles. The van der Waals surface area contributed by atoms with Crippen LogP contribution in [0.2, 0.25) is 0 Å². The number of carbonyl (C=O) groups excluding carboxylic acids is 1. The second kappa shape index (κ2) is 6.09. The third kappa shape index (κ3) is 3.39. The van der Waals surface area contributed by atoms with Gasteiger partial charge in [0.2, 0.25) is 0 Å². The van der Waals surface area contributed by atoms with Crippen molar-refractivity contribution in [2.75, 3.05) is 19.8 Å². The van der Waals surface area contributed by atoms with Gasteiger partial charge < -0.3 is 20.1 Å². The maximum Gasteiger partial charge on any atom is 0.352 e. The van der Waals surface area contributed by atoms with E-state index in [1.165, 1.54) is 12.8 Å². The average Bonchev–Trinajstić information content (AvgIpc) is 3.14. The number of aromatic amines is 1. The number of aryl methyl sites for hydroxylation is 1. The Hall–Kier alpha value is -1.82. The van der Waals surface area contributed by atoms with Gasteiger partial charge in [-0.2, -0.15) is 0 Å². The molecule has 1 aromatic rings. The van der Waals surface area contributed by atoms with Crippen LogP contribution in [0.1, 0.15) is 44.9 Å². The first-order chi connectivity index (χ1) is 9.50. The summed E-state index contributed by atoms with van der Waals surface area (Å²) in [6, 6.07) is 0. The van der Waals surface area contributed by atoms with Crippen LogP contribution in [-0.4, -0.2) is 41.7 Å². The molecule has 3 N–H and O–H groups in total. The van der Waals surface area contributed by atoms with Gasteiger partial charge in [0, 0.05) is 18.8 Å². The molecule has 0 aromatic carbocycles. The van der Waals surface area contributed by atoms with Crippen molar-refractivity contribution in [3.05, 3.63) is 22.5 Å². The van der Waals surface area contributed by atoms with Crippen LogP contribution in [0.25, 0.3) is 0 Å². The summed E-state index contributed by atoms with van der Waals surface area (Å²) in [4.78, 5) is 25.8. The van der Waals surface area contributed by atoms with Crippen LogP contribution in [0.4, 0.5) is 0 Å². The fraction of sp³-hybridized carbons (Fsp3) is 0.571. The van der Waals surface area contributed by atoms with Crippen molar-refractivity contribution in [2.24, 2.45) is 5.92 Å². The lowest BCUT2D eigenvalue weighted by atomic mass is 10.1. The van der Waals surface area contributed by atoms with Gasteiger partial charge in [0.15, 0.2) is 0 Å². The molecule has 0 radical (unpaired) electrons. The predicted molar refractivity (Wildman–Crippen MR) is 73.1 cm³/mol. The van der Waals surface area contributed by atoms with E-state index in [1.807, 2.05) is 0 Å². The van der Waals surface area contributed by atoms with Crippen LogP contribution < -0.4 is 5.32 Å². The van der Waals surface area contributed by atoms with Crippen molar-refractivity contribution in [1.29, 1.82) is 0 Å². The van der Waals surface area contributed by atoms with E-state index in [-0.39, 0.29) is 11.6 Å². The maximum absolute atomic E-state index is 12.1. The highest BCUT2D eigenvalue weighted by Crippen LogP contribution is 2.28. The summed E-state index contributed by atoms with van der Waals surface area (Å²) in [7, 11) is 0. The Balaban J connectivity index is 1.86. The largest absolute Gasteiger partial charge is 0.477 e. The standard InChI is InChI=1S/C14H20N2O4/c1-8-11(9(2)16-12(8)14(18)19)13(17)15-5-6-20-7-10-3-4-10/h10,16H,3-7H2,1-2H3,(H,15,17)(H,18,19). The first kappa shape index (κ1) is 14.6. The van der Waals surface area contributed by atoms with Gasteiger partial charge in [-0.25, -0.2) is 4.79 Å². The van der Waals surface area contributed by atoms with Crippen LogP contribution in [-0.2, 0) is 4.74 Å². The monoisotopic (exact) mass is 280 g/mol. The van der Waals surface area contributed by atoms with E-state index in [0.29, 0.717) is 35.9 Å². The number of rotatable bonds is 7. The van der Waals surface area contributed by atoms with E-state index in [4.69, 9.17) is 9.84 Å². The quantitative estimate of drug-likeness (QED) is 0.660. The minimum Gasteiger partial charge on any atom is -0.477 e. The van der Waals surface area contributed by atoms with Gasteiger partial charge in [-0.05, 0) is 38.2 Å². The molecule has 0 saturated heterocycles. The predicted octanol–water partition coefficient (Wildman–Crippen LogP) is 1.49. The zero-order chi connectivity index (χ0) is 14.7. The number of hydrogen-bond acceptors (Lipinski definition) is 3. The van der Waals surface area contributed by atoms with E-state index in [2.05, 4.69) is 10.3 Å². The Bertz CT molecular complexity index is 517. The third-order valence-electron chi connectivity index (χ3n) is 3.46. The Morgan fingerprint density at radius 1 is 1.40 bits per heavy atom. The lowest BCUT2D eigenvalue weighted by Crippen LogP contribution is -2.28. The fourth-order valence-corrected chi connectivity index (χ4v) is 2.16. The number of H-pyrrole nitrogens is 1. The topological polar surface area (TPSA) is 91.4 Å². The second-order valence-corrected chi connectivity index (χ2v) is 5.20. The third-order valence-corrected chi connectivity index (χ3v) is 3.46. The van der Waals surface area contributed by atoms with Crippen LogP contribution >= 0.6 is 0 Å². The first-order valence-electron chi connectivity index (χ1n) is 6.79. The fourth-order valence-electron chi connectivity index (χ4n) is 2.16. The van der Waals surface area contributed by atoms with Gasteiger partial charge in [-0.3, -0.25) is 4.79 Å². The molecule has 1 fully saturated rings. The normalized spacial score (nSPS) is 14.3. The zero-order valence-electron chi connectivity index (χ0n) is 11.8. The number of carboxylic acids is 1. The first-order valence-corrected chi connectivity index (χ1v) is 6.79. The molecule has 110 valence electrons. The van der Waals surface area contributed by atoms with E-state index < -0.39 is 5.97 Å². The molecule has 1 aliphatic carbocycles. The minimum absolute atomic E-state index is 0.0673. The highest BCUT2D eigenvalue weighted by Gasteiger charge is 2.22. The molecule has 0 atom stereocenters. The summed E-state index contributed by atoms with van der Waals surface area (Å²) < 4.78 is 5.43. The Labute approximate surface area is 117 Å². The summed E-state index contributed by atoms with van der Waals surface area (Å²) >= 11 is 0. The van der Waals surface area contributed by atoms with Gasteiger partial charge in [0.05, 0.1) is 12.2 Å².